The molecule has 0 bridgehead atoms. The summed E-state index contributed by atoms with van der Waals surface area (Å²) < 4.78 is 5.84. The van der Waals surface area contributed by atoms with Gasteiger partial charge in [0.25, 0.3) is 0 Å². The van der Waals surface area contributed by atoms with Crippen LogP contribution in [0.25, 0.3) is 10.8 Å². The third-order valence-electron chi connectivity index (χ3n) is 3.46. The smallest absolute Gasteiger partial charge is 0.0797 e. The molecule has 0 radical (unpaired) electrons. The van der Waals surface area contributed by atoms with Crippen LogP contribution < -0.4 is 0 Å². The standard InChI is InChI=1S/C17H17NOS/c1-13-17(20-12-18-13)9-10-19-11-15-7-4-6-14-5-2-3-8-16(14)15/h2-8,12H,9-11H2,1H3. The molecule has 0 aliphatic carbocycles. The van der Waals surface area contributed by atoms with Crippen LogP contribution in [0.15, 0.2) is 48.0 Å². The number of hydrogen-bond acceptors (Lipinski definition) is 3. The van der Waals surface area contributed by atoms with Gasteiger partial charge in [0.05, 0.1) is 24.4 Å². The van der Waals surface area contributed by atoms with Crippen LogP contribution in [0.1, 0.15) is 16.1 Å². The Hall–Kier alpha value is -1.71. The predicted octanol–water partition coefficient (Wildman–Crippen LogP) is 4.36. The van der Waals surface area contributed by atoms with Gasteiger partial charge in [0.15, 0.2) is 0 Å². The van der Waals surface area contributed by atoms with E-state index in [0.717, 1.165) is 18.7 Å². The maximum absolute atomic E-state index is 5.84. The van der Waals surface area contributed by atoms with E-state index in [-0.39, 0.29) is 0 Å². The zero-order valence-corrected chi connectivity index (χ0v) is 12.3. The molecule has 0 fully saturated rings. The number of hydrogen-bond donors (Lipinski definition) is 0. The van der Waals surface area contributed by atoms with Crippen molar-refractivity contribution in [2.24, 2.45) is 0 Å². The van der Waals surface area contributed by atoms with Crippen LogP contribution in [-0.2, 0) is 17.8 Å². The first-order valence-corrected chi connectivity index (χ1v) is 7.66. The molecule has 102 valence electrons. The molecule has 0 saturated heterocycles. The summed E-state index contributed by atoms with van der Waals surface area (Å²) in [7, 11) is 0. The number of benzene rings is 2. The highest BCUT2D eigenvalue weighted by Gasteiger charge is 2.03. The lowest BCUT2D eigenvalue weighted by atomic mass is 10.1. The average molecular weight is 283 g/mol. The van der Waals surface area contributed by atoms with Crippen molar-refractivity contribution in [3.05, 3.63) is 64.1 Å². The van der Waals surface area contributed by atoms with Crippen LogP contribution in [0.4, 0.5) is 0 Å². The molecule has 3 aromatic rings. The summed E-state index contributed by atoms with van der Waals surface area (Å²) in [5.74, 6) is 0. The van der Waals surface area contributed by atoms with Gasteiger partial charge in [0.2, 0.25) is 0 Å². The minimum absolute atomic E-state index is 0.666. The Balaban J connectivity index is 1.62. The largest absolute Gasteiger partial charge is 0.376 e. The number of fused-ring (bicyclic) bond motifs is 1. The molecule has 3 rings (SSSR count). The van der Waals surface area contributed by atoms with Gasteiger partial charge in [-0.15, -0.1) is 11.3 Å². The average Bonchev–Trinajstić information content (AvgIpc) is 2.89. The SMILES string of the molecule is Cc1ncsc1CCOCc1cccc2ccccc12. The molecule has 3 heteroatoms. The van der Waals surface area contributed by atoms with Crippen molar-refractivity contribution in [1.29, 1.82) is 0 Å². The summed E-state index contributed by atoms with van der Waals surface area (Å²) in [6, 6.07) is 14.8. The number of rotatable bonds is 5. The van der Waals surface area contributed by atoms with Gasteiger partial charge >= 0.3 is 0 Å². The quantitative estimate of drug-likeness (QED) is 0.649. The third-order valence-corrected chi connectivity index (χ3v) is 4.45. The Morgan fingerprint density at radius 3 is 2.80 bits per heavy atom. The fourth-order valence-electron chi connectivity index (χ4n) is 2.33. The topological polar surface area (TPSA) is 22.1 Å². The first kappa shape index (κ1) is 13.3. The van der Waals surface area contributed by atoms with Crippen molar-refractivity contribution in [2.75, 3.05) is 6.61 Å². The van der Waals surface area contributed by atoms with Crippen LogP contribution in [0.5, 0.6) is 0 Å². The molecule has 1 heterocycles. The monoisotopic (exact) mass is 283 g/mol. The second-order valence-corrected chi connectivity index (χ2v) is 5.74. The summed E-state index contributed by atoms with van der Waals surface area (Å²) in [6.45, 7) is 3.46. The fraction of sp³-hybridized carbons (Fsp3) is 0.235. The zero-order chi connectivity index (χ0) is 13.8. The van der Waals surface area contributed by atoms with E-state index in [2.05, 4.69) is 54.4 Å². The lowest BCUT2D eigenvalue weighted by Gasteiger charge is -2.07. The van der Waals surface area contributed by atoms with Gasteiger partial charge in [0.1, 0.15) is 0 Å². The highest BCUT2D eigenvalue weighted by Crippen LogP contribution is 2.19. The summed E-state index contributed by atoms with van der Waals surface area (Å²) in [5, 5.41) is 2.55. The Morgan fingerprint density at radius 2 is 1.95 bits per heavy atom. The molecule has 2 aromatic carbocycles. The minimum Gasteiger partial charge on any atom is -0.376 e. The van der Waals surface area contributed by atoms with Gasteiger partial charge < -0.3 is 4.74 Å². The van der Waals surface area contributed by atoms with E-state index in [4.69, 9.17) is 4.74 Å². The second-order valence-electron chi connectivity index (χ2n) is 4.80. The number of nitrogens with zero attached hydrogens (tertiary/aromatic N) is 1. The maximum atomic E-state index is 5.84. The first-order chi connectivity index (χ1) is 9.84. The maximum Gasteiger partial charge on any atom is 0.0797 e. The Morgan fingerprint density at radius 1 is 1.10 bits per heavy atom. The van der Waals surface area contributed by atoms with E-state index in [1.165, 1.54) is 21.2 Å². The molecule has 2 nitrogen and oxygen atoms in total. The first-order valence-electron chi connectivity index (χ1n) is 6.78. The van der Waals surface area contributed by atoms with Gasteiger partial charge in [-0.05, 0) is 23.3 Å². The molecular formula is C17H17NOS. The molecular weight excluding hydrogens is 266 g/mol. The van der Waals surface area contributed by atoms with Crippen molar-refractivity contribution in [3.63, 3.8) is 0 Å². The minimum atomic E-state index is 0.666. The van der Waals surface area contributed by atoms with Gasteiger partial charge in [-0.1, -0.05) is 42.5 Å². The molecule has 0 N–H and O–H groups in total. The van der Waals surface area contributed by atoms with E-state index in [1.807, 2.05) is 5.51 Å². The highest BCUT2D eigenvalue weighted by molar-refractivity contribution is 7.09. The molecule has 0 aliphatic rings. The lowest BCUT2D eigenvalue weighted by molar-refractivity contribution is 0.125. The molecule has 0 atom stereocenters. The van der Waals surface area contributed by atoms with Crippen molar-refractivity contribution < 1.29 is 4.74 Å². The van der Waals surface area contributed by atoms with E-state index < -0.39 is 0 Å². The summed E-state index contributed by atoms with van der Waals surface area (Å²) in [4.78, 5) is 5.58. The molecule has 0 aliphatic heterocycles. The number of aryl methyl sites for hydroxylation is 1. The number of aromatic nitrogens is 1. The predicted molar refractivity (Wildman–Crippen MR) is 84.2 cm³/mol. The van der Waals surface area contributed by atoms with Gasteiger partial charge in [-0.2, -0.15) is 0 Å². The second kappa shape index (κ2) is 6.16. The Kier molecular flexibility index (Phi) is 4.09. The third kappa shape index (κ3) is 2.89. The molecule has 0 unspecified atom stereocenters. The molecule has 0 spiro atoms. The molecule has 0 saturated carbocycles. The van der Waals surface area contributed by atoms with Crippen LogP contribution in [0.3, 0.4) is 0 Å². The fourth-order valence-corrected chi connectivity index (χ4v) is 3.09. The van der Waals surface area contributed by atoms with Crippen molar-refractivity contribution in [3.8, 4) is 0 Å². The molecule has 1 aromatic heterocycles. The Labute approximate surface area is 123 Å². The van der Waals surface area contributed by atoms with Crippen LogP contribution in [-0.4, -0.2) is 11.6 Å². The van der Waals surface area contributed by atoms with Gasteiger partial charge in [0, 0.05) is 11.3 Å². The van der Waals surface area contributed by atoms with Crippen LogP contribution in [0.2, 0.25) is 0 Å². The van der Waals surface area contributed by atoms with Gasteiger partial charge in [-0.25, -0.2) is 4.98 Å². The van der Waals surface area contributed by atoms with E-state index >= 15 is 0 Å². The Bertz CT molecular complexity index is 700. The van der Waals surface area contributed by atoms with Crippen LogP contribution in [0, 0.1) is 6.92 Å². The van der Waals surface area contributed by atoms with Crippen molar-refractivity contribution in [1.82, 2.24) is 4.98 Å². The number of ether oxygens (including phenoxy) is 1. The summed E-state index contributed by atoms with van der Waals surface area (Å²) in [5.41, 5.74) is 4.28. The molecule has 0 amide bonds. The molecule has 20 heavy (non-hydrogen) atoms. The van der Waals surface area contributed by atoms with Crippen molar-refractivity contribution >= 4 is 22.1 Å². The summed E-state index contributed by atoms with van der Waals surface area (Å²) >= 11 is 1.71. The zero-order valence-electron chi connectivity index (χ0n) is 11.5. The van der Waals surface area contributed by atoms with E-state index in [0.29, 0.717) is 6.61 Å². The number of thiazole rings is 1. The normalized spacial score (nSPS) is 11.1. The van der Waals surface area contributed by atoms with Gasteiger partial charge in [-0.3, -0.25) is 0 Å². The van der Waals surface area contributed by atoms with Crippen LogP contribution >= 0.6 is 11.3 Å². The van der Waals surface area contributed by atoms with E-state index in [1.54, 1.807) is 11.3 Å². The highest BCUT2D eigenvalue weighted by atomic mass is 32.1. The van der Waals surface area contributed by atoms with E-state index in [9.17, 15) is 0 Å². The van der Waals surface area contributed by atoms with Crippen molar-refractivity contribution in [2.45, 2.75) is 20.0 Å². The lowest BCUT2D eigenvalue weighted by Crippen LogP contribution is -1.99. The summed E-state index contributed by atoms with van der Waals surface area (Å²) in [6.07, 6.45) is 0.946.